The lowest BCUT2D eigenvalue weighted by atomic mass is 9.82. The van der Waals surface area contributed by atoms with E-state index in [0.717, 1.165) is 18.4 Å². The molecule has 1 N–H and O–H groups in total. The summed E-state index contributed by atoms with van der Waals surface area (Å²) in [6.07, 6.45) is 4.22. The number of rotatable bonds is 5. The Balaban J connectivity index is 1.96. The van der Waals surface area contributed by atoms with Gasteiger partial charge in [-0.25, -0.2) is 0 Å². The Morgan fingerprint density at radius 2 is 1.62 bits per heavy atom. The van der Waals surface area contributed by atoms with E-state index in [9.17, 15) is 0 Å². The molecule has 1 aromatic carbocycles. The van der Waals surface area contributed by atoms with Gasteiger partial charge in [-0.3, -0.25) is 0 Å². The second kappa shape index (κ2) is 7.42. The molecule has 1 saturated carbocycles. The first kappa shape index (κ1) is 16.5. The lowest BCUT2D eigenvalue weighted by molar-refractivity contribution is -0.00847. The maximum absolute atomic E-state index is 6.25. The molecular weight excluding hydrogens is 258 g/mol. The van der Waals surface area contributed by atoms with Gasteiger partial charge in [-0.05, 0) is 57.6 Å². The number of benzene rings is 1. The van der Waals surface area contributed by atoms with Crippen LogP contribution in [0.15, 0.2) is 18.2 Å². The van der Waals surface area contributed by atoms with Crippen LogP contribution in [0, 0.1) is 25.7 Å². The summed E-state index contributed by atoms with van der Waals surface area (Å²) in [5.74, 6) is 1.60. The molecule has 0 aromatic heterocycles. The zero-order chi connectivity index (χ0) is 15.4. The van der Waals surface area contributed by atoms with Crippen LogP contribution in [0.2, 0.25) is 0 Å². The van der Waals surface area contributed by atoms with Gasteiger partial charge in [0.2, 0.25) is 0 Å². The largest absolute Gasteiger partial charge is 0.376 e. The molecule has 1 fully saturated rings. The summed E-state index contributed by atoms with van der Waals surface area (Å²) in [4.78, 5) is 0. The Labute approximate surface area is 130 Å². The van der Waals surface area contributed by atoms with Crippen LogP contribution in [0.25, 0.3) is 0 Å². The van der Waals surface area contributed by atoms with Gasteiger partial charge in [-0.15, -0.1) is 0 Å². The predicted molar refractivity (Wildman–Crippen MR) is 89.6 cm³/mol. The number of likely N-dealkylation sites (N-methyl/N-ethyl adjacent to an activating group) is 1. The van der Waals surface area contributed by atoms with E-state index in [1.54, 1.807) is 0 Å². The molecule has 1 aliphatic rings. The molecule has 2 nitrogen and oxygen atoms in total. The van der Waals surface area contributed by atoms with Crippen LogP contribution >= 0.6 is 0 Å². The first-order chi connectivity index (χ1) is 9.97. The highest BCUT2D eigenvalue weighted by molar-refractivity contribution is 5.30. The highest BCUT2D eigenvalue weighted by atomic mass is 16.5. The molecule has 2 heteroatoms. The van der Waals surface area contributed by atoms with Crippen LogP contribution in [0.5, 0.6) is 0 Å². The van der Waals surface area contributed by atoms with Crippen LogP contribution in [0.4, 0.5) is 0 Å². The van der Waals surface area contributed by atoms with Crippen molar-refractivity contribution in [3.05, 3.63) is 34.9 Å². The van der Waals surface area contributed by atoms with Crippen LogP contribution in [0.3, 0.4) is 0 Å². The number of nitrogens with one attached hydrogen (secondary N) is 1. The topological polar surface area (TPSA) is 21.3 Å². The lowest BCUT2D eigenvalue weighted by Crippen LogP contribution is -2.30. The van der Waals surface area contributed by atoms with Gasteiger partial charge in [0.25, 0.3) is 0 Å². The van der Waals surface area contributed by atoms with E-state index in [2.05, 4.69) is 51.2 Å². The smallest absolute Gasteiger partial charge is 0.0665 e. The van der Waals surface area contributed by atoms with Crippen LogP contribution in [0.1, 0.15) is 55.8 Å². The van der Waals surface area contributed by atoms with Gasteiger partial charge in [0.05, 0.1) is 18.8 Å². The fraction of sp³-hybridized carbons (Fsp3) is 0.684. The Kier molecular flexibility index (Phi) is 5.83. The highest BCUT2D eigenvalue weighted by Gasteiger charge is 2.25. The van der Waals surface area contributed by atoms with Crippen molar-refractivity contribution >= 4 is 0 Å². The average molecular weight is 289 g/mol. The zero-order valence-corrected chi connectivity index (χ0v) is 14.3. The van der Waals surface area contributed by atoms with E-state index >= 15 is 0 Å². The van der Waals surface area contributed by atoms with Gasteiger partial charge in [0, 0.05) is 0 Å². The molecule has 1 aliphatic carbocycles. The summed E-state index contributed by atoms with van der Waals surface area (Å²) in [6.45, 7) is 9.80. The molecule has 0 heterocycles. The third-order valence-electron chi connectivity index (χ3n) is 4.63. The molecule has 0 saturated heterocycles. The third-order valence-corrected chi connectivity index (χ3v) is 4.63. The molecule has 3 atom stereocenters. The minimum atomic E-state index is 0.288. The lowest BCUT2D eigenvalue weighted by Gasteiger charge is -2.32. The molecule has 0 bridgehead atoms. The first-order valence-corrected chi connectivity index (χ1v) is 8.35. The van der Waals surface area contributed by atoms with Gasteiger partial charge in [0.15, 0.2) is 0 Å². The maximum atomic E-state index is 6.25. The highest BCUT2D eigenvalue weighted by Crippen LogP contribution is 2.31. The van der Waals surface area contributed by atoms with Crippen molar-refractivity contribution < 1.29 is 4.74 Å². The predicted octanol–water partition coefficient (Wildman–Crippen LogP) is 4.41. The number of hydrogen-bond donors (Lipinski definition) is 1. The summed E-state index contributed by atoms with van der Waals surface area (Å²) in [5.41, 5.74) is 3.99. The quantitative estimate of drug-likeness (QED) is 0.867. The Bertz CT molecular complexity index is 427. The number of ether oxygens (including phenoxy) is 1. The summed E-state index contributed by atoms with van der Waals surface area (Å²) >= 11 is 0. The fourth-order valence-corrected chi connectivity index (χ4v) is 3.80. The van der Waals surface area contributed by atoms with Crippen molar-refractivity contribution in [2.24, 2.45) is 11.8 Å². The molecule has 118 valence electrons. The Morgan fingerprint density at radius 1 is 1.05 bits per heavy atom. The zero-order valence-electron chi connectivity index (χ0n) is 14.3. The van der Waals surface area contributed by atoms with Gasteiger partial charge >= 0.3 is 0 Å². The van der Waals surface area contributed by atoms with E-state index in [4.69, 9.17) is 4.74 Å². The average Bonchev–Trinajstić information content (AvgIpc) is 2.37. The Morgan fingerprint density at radius 3 is 2.14 bits per heavy atom. The van der Waals surface area contributed by atoms with Crippen molar-refractivity contribution in [3.8, 4) is 0 Å². The molecule has 0 amide bonds. The van der Waals surface area contributed by atoms with Gasteiger partial charge in [-0.1, -0.05) is 43.2 Å². The van der Waals surface area contributed by atoms with Crippen LogP contribution in [-0.4, -0.2) is 19.8 Å². The third kappa shape index (κ3) is 4.82. The summed E-state index contributed by atoms with van der Waals surface area (Å²) in [6, 6.07) is 7.05. The van der Waals surface area contributed by atoms with E-state index in [0.29, 0.717) is 6.10 Å². The van der Waals surface area contributed by atoms with Gasteiger partial charge in [-0.2, -0.15) is 0 Å². The monoisotopic (exact) mass is 289 g/mol. The molecule has 3 unspecified atom stereocenters. The SMILES string of the molecule is CNC(COC1CC(C)CC(C)C1)c1cc(C)cc(C)c1. The van der Waals surface area contributed by atoms with E-state index in [-0.39, 0.29) is 6.04 Å². The molecule has 0 radical (unpaired) electrons. The van der Waals surface area contributed by atoms with Crippen molar-refractivity contribution in [1.29, 1.82) is 0 Å². The van der Waals surface area contributed by atoms with Gasteiger partial charge in [0.1, 0.15) is 0 Å². The van der Waals surface area contributed by atoms with Crippen molar-refractivity contribution in [2.75, 3.05) is 13.7 Å². The molecule has 21 heavy (non-hydrogen) atoms. The number of aryl methyl sites for hydroxylation is 2. The van der Waals surface area contributed by atoms with E-state index in [1.807, 2.05) is 7.05 Å². The van der Waals surface area contributed by atoms with Crippen molar-refractivity contribution in [2.45, 2.75) is 59.1 Å². The fourth-order valence-electron chi connectivity index (χ4n) is 3.80. The summed E-state index contributed by atoms with van der Waals surface area (Å²) in [5, 5.41) is 3.41. The minimum absolute atomic E-state index is 0.288. The van der Waals surface area contributed by atoms with Crippen molar-refractivity contribution in [1.82, 2.24) is 5.32 Å². The minimum Gasteiger partial charge on any atom is -0.376 e. The molecule has 0 aliphatic heterocycles. The van der Waals surface area contributed by atoms with Crippen molar-refractivity contribution in [3.63, 3.8) is 0 Å². The molecule has 2 rings (SSSR count). The number of hydrogen-bond acceptors (Lipinski definition) is 2. The normalized spacial score (nSPS) is 27.6. The maximum Gasteiger partial charge on any atom is 0.0665 e. The first-order valence-electron chi connectivity index (χ1n) is 8.35. The van der Waals surface area contributed by atoms with Crippen LogP contribution in [-0.2, 0) is 4.74 Å². The molecular formula is C19H31NO. The molecule has 0 spiro atoms. The summed E-state index contributed by atoms with van der Waals surface area (Å²) in [7, 11) is 2.03. The van der Waals surface area contributed by atoms with E-state index < -0.39 is 0 Å². The van der Waals surface area contributed by atoms with Crippen LogP contribution < -0.4 is 5.32 Å². The molecule has 1 aromatic rings. The van der Waals surface area contributed by atoms with Gasteiger partial charge < -0.3 is 10.1 Å². The summed E-state index contributed by atoms with van der Waals surface area (Å²) < 4.78 is 6.25. The Hall–Kier alpha value is -0.860. The second-order valence-corrected chi connectivity index (χ2v) is 7.14. The van der Waals surface area contributed by atoms with E-state index in [1.165, 1.54) is 36.0 Å². The second-order valence-electron chi connectivity index (χ2n) is 7.14. The standard InChI is InChI=1S/C19H31NO/c1-13-6-14(2)9-17(8-13)19(20-5)12-21-18-10-15(3)7-16(4)11-18/h6,8-9,15-16,18-20H,7,10-12H2,1-5H3.